The zero-order valence-electron chi connectivity index (χ0n) is 13.8. The van der Waals surface area contributed by atoms with Crippen LogP contribution in [0.15, 0.2) is 46.9 Å². The molecule has 26 heavy (non-hydrogen) atoms. The average molecular weight is 440 g/mol. The molecule has 0 atom stereocenters. The standard InChI is InChI=1S/C19H17BrClFN2O2/c20-13-5-6-17(16(22)11-13)23-18(25)12-7-9-24(10-8-12)19(26)14-3-1-2-4-15(14)21/h1-6,11-12H,7-10H2,(H,23,25). The van der Waals surface area contributed by atoms with E-state index in [1.54, 1.807) is 35.2 Å². The van der Waals surface area contributed by atoms with Crippen molar-refractivity contribution in [3.05, 3.63) is 63.3 Å². The van der Waals surface area contributed by atoms with Gasteiger partial charge in [-0.25, -0.2) is 4.39 Å². The quantitative estimate of drug-likeness (QED) is 0.751. The Kier molecular flexibility index (Phi) is 5.94. The van der Waals surface area contributed by atoms with Crippen LogP contribution in [0.2, 0.25) is 5.02 Å². The van der Waals surface area contributed by atoms with Gasteiger partial charge in [0, 0.05) is 23.5 Å². The number of hydrogen-bond acceptors (Lipinski definition) is 2. The van der Waals surface area contributed by atoms with Crippen LogP contribution in [0.4, 0.5) is 10.1 Å². The summed E-state index contributed by atoms with van der Waals surface area (Å²) in [5.74, 6) is -1.10. The molecule has 1 aliphatic heterocycles. The number of benzene rings is 2. The zero-order chi connectivity index (χ0) is 18.7. The number of anilines is 1. The molecule has 0 aromatic heterocycles. The van der Waals surface area contributed by atoms with E-state index < -0.39 is 5.82 Å². The van der Waals surface area contributed by atoms with Crippen molar-refractivity contribution >= 4 is 45.0 Å². The lowest BCUT2D eigenvalue weighted by atomic mass is 9.95. The Morgan fingerprint density at radius 1 is 1.15 bits per heavy atom. The minimum Gasteiger partial charge on any atom is -0.339 e. The minimum atomic E-state index is -0.487. The molecule has 0 aliphatic carbocycles. The number of nitrogens with zero attached hydrogens (tertiary/aromatic N) is 1. The Hall–Kier alpha value is -1.92. The summed E-state index contributed by atoms with van der Waals surface area (Å²) in [6.07, 6.45) is 1.06. The first-order chi connectivity index (χ1) is 12.5. The molecule has 7 heteroatoms. The van der Waals surface area contributed by atoms with E-state index in [0.29, 0.717) is 41.0 Å². The first-order valence-electron chi connectivity index (χ1n) is 8.25. The van der Waals surface area contributed by atoms with Gasteiger partial charge in [0.2, 0.25) is 5.91 Å². The van der Waals surface area contributed by atoms with Gasteiger partial charge < -0.3 is 10.2 Å². The van der Waals surface area contributed by atoms with Crippen LogP contribution in [0.5, 0.6) is 0 Å². The van der Waals surface area contributed by atoms with Gasteiger partial charge in [-0.05, 0) is 43.2 Å². The van der Waals surface area contributed by atoms with E-state index in [1.807, 2.05) is 0 Å². The highest BCUT2D eigenvalue weighted by atomic mass is 79.9. The molecule has 0 unspecified atom stereocenters. The highest BCUT2D eigenvalue weighted by Crippen LogP contribution is 2.25. The van der Waals surface area contributed by atoms with E-state index in [4.69, 9.17) is 11.6 Å². The molecule has 1 heterocycles. The molecule has 4 nitrogen and oxygen atoms in total. The topological polar surface area (TPSA) is 49.4 Å². The summed E-state index contributed by atoms with van der Waals surface area (Å²) in [6, 6.07) is 11.4. The van der Waals surface area contributed by atoms with Crippen LogP contribution >= 0.6 is 27.5 Å². The van der Waals surface area contributed by atoms with Gasteiger partial charge in [-0.1, -0.05) is 39.7 Å². The second-order valence-electron chi connectivity index (χ2n) is 6.16. The Balaban J connectivity index is 1.59. The molecule has 0 bridgehead atoms. The van der Waals surface area contributed by atoms with Gasteiger partial charge in [0.25, 0.3) is 5.91 Å². The number of rotatable bonds is 3. The first-order valence-corrected chi connectivity index (χ1v) is 9.42. The molecule has 136 valence electrons. The number of amides is 2. The van der Waals surface area contributed by atoms with Gasteiger partial charge >= 0.3 is 0 Å². The van der Waals surface area contributed by atoms with Crippen molar-refractivity contribution in [1.29, 1.82) is 0 Å². The number of carbonyl (C=O) groups excluding carboxylic acids is 2. The molecule has 2 aromatic carbocycles. The lowest BCUT2D eigenvalue weighted by Crippen LogP contribution is -2.41. The molecule has 2 amide bonds. The molecule has 0 radical (unpaired) electrons. The van der Waals surface area contributed by atoms with E-state index in [2.05, 4.69) is 21.2 Å². The fourth-order valence-corrected chi connectivity index (χ4v) is 3.53. The molecule has 1 aliphatic rings. The summed E-state index contributed by atoms with van der Waals surface area (Å²) in [6.45, 7) is 0.927. The van der Waals surface area contributed by atoms with Crippen LogP contribution in [-0.4, -0.2) is 29.8 Å². The smallest absolute Gasteiger partial charge is 0.255 e. The maximum atomic E-state index is 13.9. The van der Waals surface area contributed by atoms with Gasteiger partial charge in [0.05, 0.1) is 16.3 Å². The Morgan fingerprint density at radius 2 is 1.85 bits per heavy atom. The van der Waals surface area contributed by atoms with Crippen LogP contribution in [0.25, 0.3) is 0 Å². The third-order valence-corrected chi connectivity index (χ3v) is 5.27. The SMILES string of the molecule is O=C(Nc1ccc(Br)cc1F)C1CCN(C(=O)c2ccccc2Cl)CC1. The molecule has 1 saturated heterocycles. The number of carbonyl (C=O) groups is 2. The summed E-state index contributed by atoms with van der Waals surface area (Å²) in [5.41, 5.74) is 0.627. The van der Waals surface area contributed by atoms with Crippen molar-refractivity contribution in [2.75, 3.05) is 18.4 Å². The van der Waals surface area contributed by atoms with Crippen molar-refractivity contribution < 1.29 is 14.0 Å². The van der Waals surface area contributed by atoms with Gasteiger partial charge in [-0.2, -0.15) is 0 Å². The minimum absolute atomic E-state index is 0.131. The number of nitrogens with one attached hydrogen (secondary N) is 1. The van der Waals surface area contributed by atoms with E-state index in [0.717, 1.165) is 0 Å². The average Bonchev–Trinajstić information content (AvgIpc) is 2.64. The second kappa shape index (κ2) is 8.18. The number of halogens is 3. The van der Waals surface area contributed by atoms with Crippen molar-refractivity contribution in [3.63, 3.8) is 0 Å². The van der Waals surface area contributed by atoms with Crippen LogP contribution in [-0.2, 0) is 4.79 Å². The molecule has 0 spiro atoms. The largest absolute Gasteiger partial charge is 0.339 e. The molecule has 2 aromatic rings. The second-order valence-corrected chi connectivity index (χ2v) is 7.48. The predicted octanol–water partition coefficient (Wildman–Crippen LogP) is 4.73. The van der Waals surface area contributed by atoms with Gasteiger partial charge in [0.15, 0.2) is 0 Å². The van der Waals surface area contributed by atoms with Crippen LogP contribution in [0, 0.1) is 11.7 Å². The zero-order valence-corrected chi connectivity index (χ0v) is 16.2. The van der Waals surface area contributed by atoms with Crippen LogP contribution in [0.3, 0.4) is 0 Å². The van der Waals surface area contributed by atoms with Crippen molar-refractivity contribution in [1.82, 2.24) is 4.90 Å². The molecule has 0 saturated carbocycles. The van der Waals surface area contributed by atoms with Crippen molar-refractivity contribution in [3.8, 4) is 0 Å². The summed E-state index contributed by atoms with van der Waals surface area (Å²) >= 11 is 9.27. The predicted molar refractivity (Wildman–Crippen MR) is 103 cm³/mol. The van der Waals surface area contributed by atoms with E-state index in [9.17, 15) is 14.0 Å². The highest BCUT2D eigenvalue weighted by Gasteiger charge is 2.28. The summed E-state index contributed by atoms with van der Waals surface area (Å²) in [5, 5.41) is 3.05. The summed E-state index contributed by atoms with van der Waals surface area (Å²) in [4.78, 5) is 26.6. The van der Waals surface area contributed by atoms with Crippen LogP contribution in [0.1, 0.15) is 23.2 Å². The summed E-state index contributed by atoms with van der Waals surface area (Å²) < 4.78 is 14.5. The lowest BCUT2D eigenvalue weighted by molar-refractivity contribution is -0.121. The third-order valence-electron chi connectivity index (χ3n) is 4.45. The van der Waals surface area contributed by atoms with Crippen LogP contribution < -0.4 is 5.32 Å². The number of hydrogen-bond donors (Lipinski definition) is 1. The maximum absolute atomic E-state index is 13.9. The van der Waals surface area contributed by atoms with Gasteiger partial charge in [-0.3, -0.25) is 9.59 Å². The van der Waals surface area contributed by atoms with Crippen molar-refractivity contribution in [2.24, 2.45) is 5.92 Å². The van der Waals surface area contributed by atoms with E-state index >= 15 is 0 Å². The Bertz CT molecular complexity index is 838. The monoisotopic (exact) mass is 438 g/mol. The third kappa shape index (κ3) is 4.24. The molecular weight excluding hydrogens is 423 g/mol. The maximum Gasteiger partial charge on any atom is 0.255 e. The molecule has 3 rings (SSSR count). The summed E-state index contributed by atoms with van der Waals surface area (Å²) in [7, 11) is 0. The fourth-order valence-electron chi connectivity index (χ4n) is 2.98. The normalized spacial score (nSPS) is 15.0. The lowest BCUT2D eigenvalue weighted by Gasteiger charge is -2.31. The molecular formula is C19H17BrClFN2O2. The van der Waals surface area contributed by atoms with E-state index in [-0.39, 0.29) is 23.4 Å². The Labute approximate surface area is 164 Å². The van der Waals surface area contributed by atoms with Gasteiger partial charge in [0.1, 0.15) is 5.82 Å². The molecule has 1 N–H and O–H groups in total. The number of piperidine rings is 1. The molecule has 1 fully saturated rings. The first kappa shape index (κ1) is 18.9. The van der Waals surface area contributed by atoms with Gasteiger partial charge in [-0.15, -0.1) is 0 Å². The fraction of sp³-hybridized carbons (Fsp3) is 0.263. The number of likely N-dealkylation sites (tertiary alicyclic amines) is 1. The van der Waals surface area contributed by atoms with Crippen molar-refractivity contribution in [2.45, 2.75) is 12.8 Å². The van der Waals surface area contributed by atoms with E-state index in [1.165, 1.54) is 12.1 Å². The highest BCUT2D eigenvalue weighted by molar-refractivity contribution is 9.10. The Morgan fingerprint density at radius 3 is 2.50 bits per heavy atom.